The zero-order valence-corrected chi connectivity index (χ0v) is 13.0. The number of benzene rings is 1. The fourth-order valence-electron chi connectivity index (χ4n) is 3.38. The van der Waals surface area contributed by atoms with Crippen LogP contribution in [0.25, 0.3) is 0 Å². The Morgan fingerprint density at radius 3 is 2.13 bits per heavy atom. The Kier molecular flexibility index (Phi) is 4.43. The van der Waals surface area contributed by atoms with Crippen LogP contribution in [-0.4, -0.2) is 42.4 Å². The molecule has 0 aliphatic carbocycles. The second-order valence-electron chi connectivity index (χ2n) is 6.32. The number of carbonyl (C=O) groups excluding carboxylic acids is 3. The molecule has 0 radical (unpaired) electrons. The van der Waals surface area contributed by atoms with E-state index in [1.807, 2.05) is 30.3 Å². The average Bonchev–Trinajstić information content (AvgIpc) is 2.54. The standard InChI is InChI=1S/C17H21N3O3/c21-14-17(15(22)19-16(23)18-14,11-13-7-3-1-4-8-13)12-20-9-5-2-6-10-20/h1,3-4,7-8H,2,5-6,9-12H2,(H2,18,19,21,22,23). The van der Waals surface area contributed by atoms with Crippen molar-refractivity contribution in [3.8, 4) is 0 Å². The van der Waals surface area contributed by atoms with Gasteiger partial charge in [0.2, 0.25) is 11.8 Å². The van der Waals surface area contributed by atoms with Gasteiger partial charge in [-0.05, 0) is 37.9 Å². The number of hydrogen-bond donors (Lipinski definition) is 2. The predicted molar refractivity (Wildman–Crippen MR) is 84.6 cm³/mol. The summed E-state index contributed by atoms with van der Waals surface area (Å²) in [5.41, 5.74) is -0.351. The number of piperidine rings is 1. The van der Waals surface area contributed by atoms with Crippen LogP contribution in [0.5, 0.6) is 0 Å². The van der Waals surface area contributed by atoms with Crippen LogP contribution < -0.4 is 10.6 Å². The van der Waals surface area contributed by atoms with Crippen molar-refractivity contribution in [3.63, 3.8) is 0 Å². The summed E-state index contributed by atoms with van der Waals surface area (Å²) < 4.78 is 0. The van der Waals surface area contributed by atoms with Gasteiger partial charge in [-0.25, -0.2) is 4.79 Å². The maximum Gasteiger partial charge on any atom is 0.328 e. The van der Waals surface area contributed by atoms with E-state index < -0.39 is 23.3 Å². The monoisotopic (exact) mass is 315 g/mol. The lowest BCUT2D eigenvalue weighted by molar-refractivity contribution is -0.146. The van der Waals surface area contributed by atoms with Gasteiger partial charge in [0.25, 0.3) is 0 Å². The van der Waals surface area contributed by atoms with Crippen molar-refractivity contribution < 1.29 is 14.4 Å². The number of amides is 4. The van der Waals surface area contributed by atoms with Gasteiger partial charge in [-0.1, -0.05) is 36.8 Å². The molecule has 2 N–H and O–H groups in total. The smallest absolute Gasteiger partial charge is 0.302 e. The third-order valence-electron chi connectivity index (χ3n) is 4.61. The van der Waals surface area contributed by atoms with Crippen LogP contribution in [0.3, 0.4) is 0 Å². The second kappa shape index (κ2) is 6.50. The molecule has 0 atom stereocenters. The highest BCUT2D eigenvalue weighted by Gasteiger charge is 2.51. The van der Waals surface area contributed by atoms with Gasteiger partial charge in [-0.3, -0.25) is 20.2 Å². The molecule has 0 bridgehead atoms. The molecule has 0 unspecified atom stereocenters. The van der Waals surface area contributed by atoms with Gasteiger partial charge in [0.1, 0.15) is 5.41 Å². The van der Waals surface area contributed by atoms with E-state index in [4.69, 9.17) is 0 Å². The van der Waals surface area contributed by atoms with Crippen LogP contribution in [0.1, 0.15) is 24.8 Å². The molecule has 2 fully saturated rings. The fraction of sp³-hybridized carbons (Fsp3) is 0.471. The number of nitrogens with zero attached hydrogens (tertiary/aromatic N) is 1. The maximum absolute atomic E-state index is 12.6. The summed E-state index contributed by atoms with van der Waals surface area (Å²) in [6, 6.07) is 8.72. The van der Waals surface area contributed by atoms with Crippen LogP contribution in [0.15, 0.2) is 30.3 Å². The van der Waals surface area contributed by atoms with Crippen molar-refractivity contribution in [2.24, 2.45) is 5.41 Å². The van der Waals surface area contributed by atoms with Crippen molar-refractivity contribution in [2.45, 2.75) is 25.7 Å². The molecular formula is C17H21N3O3. The van der Waals surface area contributed by atoms with E-state index in [1.54, 1.807) is 0 Å². The molecule has 6 heteroatoms. The zero-order valence-electron chi connectivity index (χ0n) is 13.0. The molecule has 122 valence electrons. The number of rotatable bonds is 4. The number of carbonyl (C=O) groups is 3. The summed E-state index contributed by atoms with van der Waals surface area (Å²) in [4.78, 5) is 38.8. The molecule has 23 heavy (non-hydrogen) atoms. The van der Waals surface area contributed by atoms with E-state index in [2.05, 4.69) is 15.5 Å². The summed E-state index contributed by atoms with van der Waals surface area (Å²) in [6.45, 7) is 2.10. The minimum Gasteiger partial charge on any atom is -0.302 e. The molecule has 0 spiro atoms. The Bertz CT molecular complexity index is 589. The predicted octanol–water partition coefficient (Wildman–Crippen LogP) is 1.07. The van der Waals surface area contributed by atoms with E-state index in [0.29, 0.717) is 6.54 Å². The van der Waals surface area contributed by atoms with Gasteiger partial charge in [-0.2, -0.15) is 0 Å². The van der Waals surface area contributed by atoms with Gasteiger partial charge in [0.15, 0.2) is 0 Å². The van der Waals surface area contributed by atoms with Crippen molar-refractivity contribution in [1.82, 2.24) is 15.5 Å². The first-order chi connectivity index (χ1) is 11.1. The lowest BCUT2D eigenvalue weighted by Gasteiger charge is -2.39. The molecule has 3 rings (SSSR count). The summed E-state index contributed by atoms with van der Waals surface area (Å²) in [6.07, 6.45) is 3.61. The van der Waals surface area contributed by atoms with Crippen LogP contribution >= 0.6 is 0 Å². The van der Waals surface area contributed by atoms with Crippen LogP contribution in [-0.2, 0) is 16.0 Å². The number of nitrogens with one attached hydrogen (secondary N) is 2. The van der Waals surface area contributed by atoms with Crippen molar-refractivity contribution in [1.29, 1.82) is 0 Å². The van der Waals surface area contributed by atoms with Gasteiger partial charge in [0.05, 0.1) is 0 Å². The lowest BCUT2D eigenvalue weighted by atomic mass is 9.77. The first-order valence-electron chi connectivity index (χ1n) is 8.03. The van der Waals surface area contributed by atoms with E-state index >= 15 is 0 Å². The number of imide groups is 2. The summed E-state index contributed by atoms with van der Waals surface area (Å²) in [7, 11) is 0. The molecule has 2 saturated heterocycles. The first kappa shape index (κ1) is 15.7. The Balaban J connectivity index is 1.89. The molecule has 1 aromatic carbocycles. The van der Waals surface area contributed by atoms with E-state index in [-0.39, 0.29) is 6.42 Å². The molecule has 2 heterocycles. The molecule has 0 aromatic heterocycles. The number of hydrogen-bond acceptors (Lipinski definition) is 4. The zero-order chi connectivity index (χ0) is 16.3. The van der Waals surface area contributed by atoms with E-state index in [9.17, 15) is 14.4 Å². The highest BCUT2D eigenvalue weighted by atomic mass is 16.2. The minimum absolute atomic E-state index is 0.287. The highest BCUT2D eigenvalue weighted by Crippen LogP contribution is 2.29. The van der Waals surface area contributed by atoms with Gasteiger partial charge < -0.3 is 4.90 Å². The van der Waals surface area contributed by atoms with Gasteiger partial charge >= 0.3 is 6.03 Å². The van der Waals surface area contributed by atoms with E-state index in [1.165, 1.54) is 6.42 Å². The molecular weight excluding hydrogens is 294 g/mol. The second-order valence-corrected chi connectivity index (χ2v) is 6.32. The Morgan fingerprint density at radius 1 is 0.913 bits per heavy atom. The molecule has 2 aliphatic heterocycles. The first-order valence-corrected chi connectivity index (χ1v) is 8.03. The summed E-state index contributed by atoms with van der Waals surface area (Å²) >= 11 is 0. The van der Waals surface area contributed by atoms with Crippen molar-refractivity contribution in [2.75, 3.05) is 19.6 Å². The molecule has 0 saturated carbocycles. The van der Waals surface area contributed by atoms with Crippen molar-refractivity contribution in [3.05, 3.63) is 35.9 Å². The van der Waals surface area contributed by atoms with Crippen LogP contribution in [0.2, 0.25) is 0 Å². The molecule has 4 amide bonds. The summed E-state index contributed by atoms with van der Waals surface area (Å²) in [5, 5.41) is 4.55. The third kappa shape index (κ3) is 3.27. The Labute approximate surface area is 135 Å². The Hall–Kier alpha value is -2.21. The largest absolute Gasteiger partial charge is 0.328 e. The number of urea groups is 1. The summed E-state index contributed by atoms with van der Waals surface area (Å²) in [5.74, 6) is -0.999. The molecule has 6 nitrogen and oxygen atoms in total. The normalized spacial score (nSPS) is 21.7. The third-order valence-corrected chi connectivity index (χ3v) is 4.61. The maximum atomic E-state index is 12.6. The average molecular weight is 315 g/mol. The Morgan fingerprint density at radius 2 is 1.52 bits per heavy atom. The SMILES string of the molecule is O=C1NC(=O)C(Cc2ccccc2)(CN2CCCCC2)C(=O)N1. The van der Waals surface area contributed by atoms with Gasteiger partial charge in [-0.15, -0.1) is 0 Å². The number of barbiturate groups is 1. The fourth-order valence-corrected chi connectivity index (χ4v) is 3.38. The van der Waals surface area contributed by atoms with Gasteiger partial charge in [0, 0.05) is 6.54 Å². The molecule has 2 aliphatic rings. The van der Waals surface area contributed by atoms with Crippen LogP contribution in [0, 0.1) is 5.41 Å². The quantitative estimate of drug-likeness (QED) is 0.815. The minimum atomic E-state index is -1.26. The van der Waals surface area contributed by atoms with Crippen LogP contribution in [0.4, 0.5) is 4.79 Å². The molecule has 1 aromatic rings. The highest BCUT2D eigenvalue weighted by molar-refractivity contribution is 6.19. The van der Waals surface area contributed by atoms with Crippen molar-refractivity contribution >= 4 is 17.8 Å². The van der Waals surface area contributed by atoms with E-state index in [0.717, 1.165) is 31.5 Å². The number of likely N-dealkylation sites (tertiary alicyclic amines) is 1. The lowest BCUT2D eigenvalue weighted by Crippen LogP contribution is -2.66. The topological polar surface area (TPSA) is 78.5 Å².